The van der Waals surface area contributed by atoms with Crippen LogP contribution in [0.4, 0.5) is 0 Å². The summed E-state index contributed by atoms with van der Waals surface area (Å²) in [6, 6.07) is 0.307. The molecule has 2 aliphatic rings. The van der Waals surface area contributed by atoms with Gasteiger partial charge in [0.1, 0.15) is 0 Å². The van der Waals surface area contributed by atoms with Gasteiger partial charge in [-0.2, -0.15) is 11.8 Å². The number of amides is 2. The monoisotopic (exact) mass is 228 g/mol. The number of likely N-dealkylation sites (N-methyl/N-ethyl adjacent to an activating group) is 1. The Labute approximate surface area is 93.8 Å². The summed E-state index contributed by atoms with van der Waals surface area (Å²) in [5.41, 5.74) is 0. The molecular weight excluding hydrogens is 212 g/mol. The standard InChI is InChI=1S/C10H16N2O2S/c1-12-9(13)3-2-8(10(12)14)11-7-4-5-15-6-7/h7-8,11H,2-6H2,1H3. The van der Waals surface area contributed by atoms with Gasteiger partial charge >= 0.3 is 0 Å². The van der Waals surface area contributed by atoms with Gasteiger partial charge in [0.15, 0.2) is 0 Å². The second-order valence-corrected chi connectivity index (χ2v) is 5.26. The molecule has 0 saturated carbocycles. The van der Waals surface area contributed by atoms with Gasteiger partial charge in [0.25, 0.3) is 0 Å². The number of rotatable bonds is 2. The summed E-state index contributed by atoms with van der Waals surface area (Å²) < 4.78 is 0. The molecule has 1 N–H and O–H groups in total. The van der Waals surface area contributed by atoms with Crippen LogP contribution in [0, 0.1) is 0 Å². The van der Waals surface area contributed by atoms with E-state index in [9.17, 15) is 9.59 Å². The fourth-order valence-electron chi connectivity index (χ4n) is 2.02. The molecule has 2 saturated heterocycles. The molecule has 15 heavy (non-hydrogen) atoms. The Kier molecular flexibility index (Phi) is 3.31. The van der Waals surface area contributed by atoms with E-state index in [0.717, 1.165) is 12.2 Å². The van der Waals surface area contributed by atoms with Crippen molar-refractivity contribution in [2.45, 2.75) is 31.3 Å². The first-order valence-electron chi connectivity index (χ1n) is 5.32. The summed E-state index contributed by atoms with van der Waals surface area (Å²) in [6.45, 7) is 0. The second-order valence-electron chi connectivity index (χ2n) is 4.11. The molecule has 0 aromatic carbocycles. The van der Waals surface area contributed by atoms with Gasteiger partial charge in [-0.3, -0.25) is 14.5 Å². The first-order valence-corrected chi connectivity index (χ1v) is 6.48. The average Bonchev–Trinajstić information content (AvgIpc) is 2.72. The predicted molar refractivity (Wildman–Crippen MR) is 59.7 cm³/mol. The summed E-state index contributed by atoms with van der Waals surface area (Å²) in [4.78, 5) is 24.3. The number of thioether (sulfide) groups is 1. The summed E-state index contributed by atoms with van der Waals surface area (Å²) in [6.07, 6.45) is 2.27. The highest BCUT2D eigenvalue weighted by molar-refractivity contribution is 7.99. The van der Waals surface area contributed by atoms with Gasteiger partial charge in [0.05, 0.1) is 6.04 Å². The summed E-state index contributed by atoms with van der Waals surface area (Å²) in [5.74, 6) is 2.14. The lowest BCUT2D eigenvalue weighted by Crippen LogP contribution is -2.54. The molecule has 4 nitrogen and oxygen atoms in total. The van der Waals surface area contributed by atoms with Crippen molar-refractivity contribution in [2.24, 2.45) is 0 Å². The van der Waals surface area contributed by atoms with Crippen LogP contribution >= 0.6 is 11.8 Å². The van der Waals surface area contributed by atoms with Gasteiger partial charge in [-0.15, -0.1) is 0 Å². The van der Waals surface area contributed by atoms with Crippen LogP contribution in [-0.2, 0) is 9.59 Å². The number of carbonyl (C=O) groups is 2. The van der Waals surface area contributed by atoms with Gasteiger partial charge in [0.2, 0.25) is 11.8 Å². The number of imide groups is 1. The molecule has 84 valence electrons. The van der Waals surface area contributed by atoms with Crippen LogP contribution in [0.3, 0.4) is 0 Å². The highest BCUT2D eigenvalue weighted by atomic mass is 32.2. The molecule has 2 aliphatic heterocycles. The Morgan fingerprint density at radius 3 is 2.87 bits per heavy atom. The van der Waals surface area contributed by atoms with Crippen LogP contribution in [-0.4, -0.2) is 47.4 Å². The van der Waals surface area contributed by atoms with Gasteiger partial charge in [-0.05, 0) is 18.6 Å². The minimum atomic E-state index is -0.142. The van der Waals surface area contributed by atoms with Gasteiger partial charge in [-0.1, -0.05) is 0 Å². The topological polar surface area (TPSA) is 49.4 Å². The second kappa shape index (κ2) is 4.53. The van der Waals surface area contributed by atoms with Crippen LogP contribution in [0.5, 0.6) is 0 Å². The lowest BCUT2D eigenvalue weighted by Gasteiger charge is -2.30. The van der Waals surface area contributed by atoms with Crippen LogP contribution in [0.15, 0.2) is 0 Å². The zero-order valence-corrected chi connectivity index (χ0v) is 9.68. The lowest BCUT2D eigenvalue weighted by atomic mass is 10.0. The van der Waals surface area contributed by atoms with Crippen molar-refractivity contribution in [3.05, 3.63) is 0 Å². The largest absolute Gasteiger partial charge is 0.302 e. The van der Waals surface area contributed by atoms with E-state index in [1.165, 1.54) is 10.7 Å². The molecule has 0 radical (unpaired) electrons. The SMILES string of the molecule is CN1C(=O)CCC(NC2CCSC2)C1=O. The Morgan fingerprint density at radius 1 is 1.40 bits per heavy atom. The first-order chi connectivity index (χ1) is 7.18. The van der Waals surface area contributed by atoms with Crippen LogP contribution < -0.4 is 5.32 Å². The van der Waals surface area contributed by atoms with E-state index in [1.807, 2.05) is 11.8 Å². The molecule has 0 aromatic heterocycles. The van der Waals surface area contributed by atoms with E-state index in [0.29, 0.717) is 18.9 Å². The molecule has 2 rings (SSSR count). The molecule has 0 aromatic rings. The number of likely N-dealkylation sites (tertiary alicyclic amines) is 1. The van der Waals surface area contributed by atoms with E-state index in [4.69, 9.17) is 0 Å². The third kappa shape index (κ3) is 2.34. The van der Waals surface area contributed by atoms with Crippen molar-refractivity contribution < 1.29 is 9.59 Å². The van der Waals surface area contributed by atoms with Crippen molar-refractivity contribution in [3.63, 3.8) is 0 Å². The molecule has 0 bridgehead atoms. The minimum absolute atomic E-state index is 0.0566. The number of hydrogen-bond donors (Lipinski definition) is 1. The molecule has 0 spiro atoms. The van der Waals surface area contributed by atoms with E-state index in [2.05, 4.69) is 5.32 Å². The average molecular weight is 228 g/mol. The van der Waals surface area contributed by atoms with Crippen molar-refractivity contribution in [3.8, 4) is 0 Å². The number of nitrogens with zero attached hydrogens (tertiary/aromatic N) is 1. The van der Waals surface area contributed by atoms with E-state index in [1.54, 1.807) is 7.05 Å². The molecule has 2 atom stereocenters. The first kappa shape index (κ1) is 11.0. The maximum atomic E-state index is 11.8. The van der Waals surface area contributed by atoms with Crippen LogP contribution in [0.1, 0.15) is 19.3 Å². The molecule has 2 amide bonds. The highest BCUT2D eigenvalue weighted by Crippen LogP contribution is 2.20. The van der Waals surface area contributed by atoms with Gasteiger partial charge in [-0.25, -0.2) is 0 Å². The van der Waals surface area contributed by atoms with E-state index >= 15 is 0 Å². The maximum Gasteiger partial charge on any atom is 0.246 e. The number of carbonyl (C=O) groups excluding carboxylic acids is 2. The van der Waals surface area contributed by atoms with E-state index < -0.39 is 0 Å². The third-order valence-corrected chi connectivity index (χ3v) is 4.18. The smallest absolute Gasteiger partial charge is 0.246 e. The Balaban J connectivity index is 1.92. The van der Waals surface area contributed by atoms with Crippen molar-refractivity contribution in [1.29, 1.82) is 0 Å². The molecule has 2 unspecified atom stereocenters. The lowest BCUT2D eigenvalue weighted by molar-refractivity contribution is -0.148. The molecule has 0 aliphatic carbocycles. The summed E-state index contributed by atoms with van der Waals surface area (Å²) >= 11 is 1.92. The Bertz CT molecular complexity index is 277. The fraction of sp³-hybridized carbons (Fsp3) is 0.800. The Morgan fingerprint density at radius 2 is 2.20 bits per heavy atom. The normalized spacial score (nSPS) is 32.5. The summed E-state index contributed by atoms with van der Waals surface area (Å²) in [7, 11) is 1.57. The van der Waals surface area contributed by atoms with Gasteiger partial charge in [0, 0.05) is 25.3 Å². The highest BCUT2D eigenvalue weighted by Gasteiger charge is 2.33. The quantitative estimate of drug-likeness (QED) is 0.687. The third-order valence-electron chi connectivity index (χ3n) is 3.02. The molecular formula is C10H16N2O2S. The van der Waals surface area contributed by atoms with Crippen molar-refractivity contribution in [2.75, 3.05) is 18.6 Å². The number of nitrogens with one attached hydrogen (secondary N) is 1. The maximum absolute atomic E-state index is 11.8. The van der Waals surface area contributed by atoms with Gasteiger partial charge < -0.3 is 5.32 Å². The van der Waals surface area contributed by atoms with E-state index in [-0.39, 0.29) is 17.9 Å². The number of hydrogen-bond acceptors (Lipinski definition) is 4. The minimum Gasteiger partial charge on any atom is -0.302 e. The van der Waals surface area contributed by atoms with Crippen molar-refractivity contribution in [1.82, 2.24) is 10.2 Å². The summed E-state index contributed by atoms with van der Waals surface area (Å²) in [5, 5.41) is 3.35. The molecule has 2 heterocycles. The Hall–Kier alpha value is -0.550. The number of piperidine rings is 1. The molecule has 2 fully saturated rings. The zero-order chi connectivity index (χ0) is 10.8. The predicted octanol–water partition coefficient (Wildman–Crippen LogP) is 0.229. The van der Waals surface area contributed by atoms with Crippen LogP contribution in [0.25, 0.3) is 0 Å². The molecule has 5 heteroatoms. The van der Waals surface area contributed by atoms with Crippen molar-refractivity contribution >= 4 is 23.6 Å². The zero-order valence-electron chi connectivity index (χ0n) is 8.86. The fourth-order valence-corrected chi connectivity index (χ4v) is 3.19. The van der Waals surface area contributed by atoms with Crippen LogP contribution in [0.2, 0.25) is 0 Å².